The zero-order valence-electron chi connectivity index (χ0n) is 11.0. The van der Waals surface area contributed by atoms with Crippen molar-refractivity contribution in [2.24, 2.45) is 5.73 Å². The zero-order chi connectivity index (χ0) is 16.0. The van der Waals surface area contributed by atoms with E-state index in [2.05, 4.69) is 5.32 Å². The van der Waals surface area contributed by atoms with Crippen LogP contribution in [0, 0.1) is 0 Å². The number of aromatic hydroxyl groups is 1. The van der Waals surface area contributed by atoms with E-state index in [1.807, 2.05) is 0 Å². The average Bonchev–Trinajstić information content (AvgIpc) is 2.39. The van der Waals surface area contributed by atoms with E-state index < -0.39 is 36.4 Å². The molecule has 8 nitrogen and oxygen atoms in total. The first-order valence-electron chi connectivity index (χ1n) is 6.08. The molecule has 0 aliphatic rings. The van der Waals surface area contributed by atoms with E-state index in [1.54, 1.807) is 0 Å². The highest BCUT2D eigenvalue weighted by Gasteiger charge is 2.24. The van der Waals surface area contributed by atoms with Gasteiger partial charge in [-0.15, -0.1) is 0 Å². The van der Waals surface area contributed by atoms with Crippen molar-refractivity contribution < 1.29 is 29.7 Å². The number of phenolic OH excluding ortho intramolecular Hbond substituents is 1. The summed E-state index contributed by atoms with van der Waals surface area (Å²) in [6, 6.07) is 3.29. The van der Waals surface area contributed by atoms with Gasteiger partial charge in [0.1, 0.15) is 11.8 Å². The fourth-order valence-electron chi connectivity index (χ4n) is 1.63. The summed E-state index contributed by atoms with van der Waals surface area (Å²) in [5, 5.41) is 29.0. The highest BCUT2D eigenvalue weighted by molar-refractivity contribution is 5.89. The van der Waals surface area contributed by atoms with E-state index in [-0.39, 0.29) is 12.2 Å². The van der Waals surface area contributed by atoms with Gasteiger partial charge in [0, 0.05) is 6.42 Å². The lowest BCUT2D eigenvalue weighted by molar-refractivity contribution is -0.142. The Kier molecular flexibility index (Phi) is 5.67. The second-order valence-corrected chi connectivity index (χ2v) is 4.47. The van der Waals surface area contributed by atoms with Crippen LogP contribution in [0.3, 0.4) is 0 Å². The molecule has 0 saturated heterocycles. The van der Waals surface area contributed by atoms with Gasteiger partial charge in [-0.1, -0.05) is 12.1 Å². The van der Waals surface area contributed by atoms with Crippen LogP contribution in [0.15, 0.2) is 24.3 Å². The van der Waals surface area contributed by atoms with Gasteiger partial charge in [0.25, 0.3) is 0 Å². The number of amides is 1. The number of aliphatic carboxylic acids is 2. The molecule has 0 spiro atoms. The zero-order valence-corrected chi connectivity index (χ0v) is 11.0. The molecule has 0 saturated carbocycles. The molecule has 1 aromatic rings. The standard InChI is InChI=1S/C13H16N2O6/c14-9(6-11(17)18)12(19)15-10(13(20)21)5-7-1-3-8(16)4-2-7/h1-4,9-10,16H,5-6,14H2,(H,15,19)(H,17,18)(H,20,21)/t9-,10-/m1/s1. The number of rotatable bonds is 7. The van der Waals surface area contributed by atoms with E-state index in [9.17, 15) is 14.4 Å². The molecule has 0 radical (unpaired) electrons. The van der Waals surface area contributed by atoms with Crippen molar-refractivity contribution in [3.63, 3.8) is 0 Å². The largest absolute Gasteiger partial charge is 0.508 e. The lowest BCUT2D eigenvalue weighted by Crippen LogP contribution is -2.49. The first-order chi connectivity index (χ1) is 9.79. The molecular formula is C13H16N2O6. The molecular weight excluding hydrogens is 280 g/mol. The number of carboxylic acid groups (broad SMARTS) is 2. The van der Waals surface area contributed by atoms with Crippen molar-refractivity contribution >= 4 is 17.8 Å². The SMILES string of the molecule is N[C@H](CC(=O)O)C(=O)N[C@H](Cc1ccc(O)cc1)C(=O)O. The fourth-order valence-corrected chi connectivity index (χ4v) is 1.63. The molecule has 6 N–H and O–H groups in total. The smallest absolute Gasteiger partial charge is 0.326 e. The molecule has 1 aromatic carbocycles. The quantitative estimate of drug-likeness (QED) is 0.446. The maximum absolute atomic E-state index is 11.6. The van der Waals surface area contributed by atoms with Crippen LogP contribution in [0.4, 0.5) is 0 Å². The molecule has 0 fully saturated rings. The van der Waals surface area contributed by atoms with Crippen molar-refractivity contribution in [3.05, 3.63) is 29.8 Å². The molecule has 21 heavy (non-hydrogen) atoms. The Hall–Kier alpha value is -2.61. The number of phenols is 1. The van der Waals surface area contributed by atoms with E-state index in [1.165, 1.54) is 24.3 Å². The van der Waals surface area contributed by atoms with Gasteiger partial charge in [0.05, 0.1) is 12.5 Å². The van der Waals surface area contributed by atoms with Crippen LogP contribution in [0.5, 0.6) is 5.75 Å². The Morgan fingerprint density at radius 2 is 1.71 bits per heavy atom. The third kappa shape index (κ3) is 5.49. The maximum Gasteiger partial charge on any atom is 0.326 e. The Labute approximate surface area is 120 Å². The number of benzene rings is 1. The number of nitrogens with one attached hydrogen (secondary N) is 1. The van der Waals surface area contributed by atoms with E-state index in [0.29, 0.717) is 5.56 Å². The Morgan fingerprint density at radius 3 is 2.19 bits per heavy atom. The summed E-state index contributed by atoms with van der Waals surface area (Å²) in [4.78, 5) is 33.2. The molecule has 0 aromatic heterocycles. The summed E-state index contributed by atoms with van der Waals surface area (Å²) in [5.74, 6) is -3.32. The monoisotopic (exact) mass is 296 g/mol. The van der Waals surface area contributed by atoms with Crippen molar-refractivity contribution in [2.45, 2.75) is 24.9 Å². The third-order valence-corrected chi connectivity index (χ3v) is 2.72. The minimum Gasteiger partial charge on any atom is -0.508 e. The number of carbonyl (C=O) groups excluding carboxylic acids is 1. The highest BCUT2D eigenvalue weighted by Crippen LogP contribution is 2.11. The minimum atomic E-state index is -1.32. The summed E-state index contributed by atoms with van der Waals surface area (Å²) in [6.45, 7) is 0. The molecule has 0 heterocycles. The minimum absolute atomic E-state index is 0.0128. The Balaban J connectivity index is 2.69. The summed E-state index contributed by atoms with van der Waals surface area (Å²) in [7, 11) is 0. The van der Waals surface area contributed by atoms with Crippen LogP contribution in [0.1, 0.15) is 12.0 Å². The van der Waals surface area contributed by atoms with Crippen molar-refractivity contribution in [1.29, 1.82) is 0 Å². The Morgan fingerprint density at radius 1 is 1.14 bits per heavy atom. The molecule has 2 atom stereocenters. The third-order valence-electron chi connectivity index (χ3n) is 2.72. The predicted octanol–water partition coefficient (Wildman–Crippen LogP) is -0.694. The molecule has 114 valence electrons. The molecule has 0 aliphatic heterocycles. The number of nitrogens with two attached hydrogens (primary N) is 1. The summed E-state index contributed by atoms with van der Waals surface area (Å²) in [6.07, 6.45) is -0.599. The first-order valence-corrected chi connectivity index (χ1v) is 6.08. The number of hydrogen-bond acceptors (Lipinski definition) is 5. The number of carboxylic acids is 2. The molecule has 0 unspecified atom stereocenters. The van der Waals surface area contributed by atoms with Gasteiger partial charge in [-0.2, -0.15) is 0 Å². The van der Waals surface area contributed by atoms with Crippen LogP contribution in [-0.4, -0.2) is 45.2 Å². The molecule has 1 amide bonds. The van der Waals surface area contributed by atoms with Gasteiger partial charge in [0.15, 0.2) is 0 Å². The summed E-state index contributed by atoms with van der Waals surface area (Å²) in [5.41, 5.74) is 5.95. The topological polar surface area (TPSA) is 150 Å². The van der Waals surface area contributed by atoms with Crippen molar-refractivity contribution in [3.8, 4) is 5.75 Å². The van der Waals surface area contributed by atoms with Crippen LogP contribution >= 0.6 is 0 Å². The molecule has 0 aliphatic carbocycles. The summed E-state index contributed by atoms with van der Waals surface area (Å²) < 4.78 is 0. The fraction of sp³-hybridized carbons (Fsp3) is 0.308. The summed E-state index contributed by atoms with van der Waals surface area (Å²) >= 11 is 0. The van der Waals surface area contributed by atoms with Crippen LogP contribution in [0.2, 0.25) is 0 Å². The Bertz CT molecular complexity index is 528. The highest BCUT2D eigenvalue weighted by atomic mass is 16.4. The number of hydrogen-bond donors (Lipinski definition) is 5. The van der Waals surface area contributed by atoms with Gasteiger partial charge in [-0.05, 0) is 17.7 Å². The van der Waals surface area contributed by atoms with Gasteiger partial charge < -0.3 is 26.4 Å². The lowest BCUT2D eigenvalue weighted by atomic mass is 10.1. The van der Waals surface area contributed by atoms with Gasteiger partial charge >= 0.3 is 11.9 Å². The maximum atomic E-state index is 11.6. The van der Waals surface area contributed by atoms with E-state index >= 15 is 0 Å². The average molecular weight is 296 g/mol. The van der Waals surface area contributed by atoms with Gasteiger partial charge in [-0.25, -0.2) is 4.79 Å². The van der Waals surface area contributed by atoms with E-state index in [0.717, 1.165) is 0 Å². The van der Waals surface area contributed by atoms with Gasteiger partial charge in [-0.3, -0.25) is 9.59 Å². The normalized spacial score (nSPS) is 13.2. The van der Waals surface area contributed by atoms with Crippen LogP contribution in [-0.2, 0) is 20.8 Å². The van der Waals surface area contributed by atoms with Crippen molar-refractivity contribution in [1.82, 2.24) is 5.32 Å². The first kappa shape index (κ1) is 16.4. The molecule has 8 heteroatoms. The van der Waals surface area contributed by atoms with Crippen LogP contribution < -0.4 is 11.1 Å². The second-order valence-electron chi connectivity index (χ2n) is 4.47. The second kappa shape index (κ2) is 7.25. The number of carbonyl (C=O) groups is 3. The predicted molar refractivity (Wildman–Crippen MR) is 71.6 cm³/mol. The lowest BCUT2D eigenvalue weighted by Gasteiger charge is -2.17. The van der Waals surface area contributed by atoms with Crippen molar-refractivity contribution in [2.75, 3.05) is 0 Å². The van der Waals surface area contributed by atoms with Gasteiger partial charge in [0.2, 0.25) is 5.91 Å². The van der Waals surface area contributed by atoms with Crippen LogP contribution in [0.25, 0.3) is 0 Å². The molecule has 1 rings (SSSR count). The van der Waals surface area contributed by atoms with E-state index in [4.69, 9.17) is 21.1 Å². The molecule has 0 bridgehead atoms.